The molecule has 20 heavy (non-hydrogen) atoms. The average molecular weight is 303 g/mol. The van der Waals surface area contributed by atoms with Gasteiger partial charge < -0.3 is 0 Å². The maximum Gasteiger partial charge on any atom is 0.0724 e. The van der Waals surface area contributed by atoms with Crippen molar-refractivity contribution in [3.63, 3.8) is 0 Å². The largest absolute Gasteiger partial charge is 0.271 e. The van der Waals surface area contributed by atoms with Gasteiger partial charge in [0.15, 0.2) is 0 Å². The van der Waals surface area contributed by atoms with Crippen molar-refractivity contribution in [2.45, 2.75) is 13.0 Å². The van der Waals surface area contributed by atoms with Gasteiger partial charge in [0.1, 0.15) is 0 Å². The molecule has 1 aromatic heterocycles. The third kappa shape index (κ3) is 2.45. The standard InChI is InChI=1S/C16H15ClN2S/c1-10-7-12(9-13(17)8-10)15(19-18)14-4-2-3-11-5-6-20-16(11)14/h2-9,15,19H,18H2,1H3. The molecule has 0 saturated heterocycles. The van der Waals surface area contributed by atoms with Gasteiger partial charge in [-0.15, -0.1) is 11.3 Å². The molecule has 0 aliphatic carbocycles. The van der Waals surface area contributed by atoms with Crippen molar-refractivity contribution in [3.05, 3.63) is 69.6 Å². The summed E-state index contributed by atoms with van der Waals surface area (Å²) in [4.78, 5) is 0. The van der Waals surface area contributed by atoms with E-state index in [4.69, 9.17) is 17.4 Å². The Morgan fingerprint density at radius 3 is 2.80 bits per heavy atom. The summed E-state index contributed by atoms with van der Waals surface area (Å²) in [7, 11) is 0. The van der Waals surface area contributed by atoms with Crippen molar-refractivity contribution in [3.8, 4) is 0 Å². The van der Waals surface area contributed by atoms with Crippen LogP contribution in [0.3, 0.4) is 0 Å². The lowest BCUT2D eigenvalue weighted by atomic mass is 9.97. The molecule has 0 spiro atoms. The minimum atomic E-state index is -0.0604. The number of hydrogen-bond donors (Lipinski definition) is 2. The maximum absolute atomic E-state index is 6.17. The minimum absolute atomic E-state index is 0.0604. The van der Waals surface area contributed by atoms with Gasteiger partial charge in [-0.3, -0.25) is 5.84 Å². The van der Waals surface area contributed by atoms with Crippen LogP contribution in [-0.2, 0) is 0 Å². The van der Waals surface area contributed by atoms with E-state index in [0.29, 0.717) is 0 Å². The van der Waals surface area contributed by atoms with Gasteiger partial charge in [0.05, 0.1) is 6.04 Å². The number of nitrogens with two attached hydrogens (primary N) is 1. The summed E-state index contributed by atoms with van der Waals surface area (Å²) in [6.45, 7) is 2.04. The predicted octanol–water partition coefficient (Wildman–Crippen LogP) is 4.42. The second-order valence-corrected chi connectivity index (χ2v) is 6.20. The Morgan fingerprint density at radius 2 is 2.05 bits per heavy atom. The van der Waals surface area contributed by atoms with Crippen LogP contribution in [0.4, 0.5) is 0 Å². The lowest BCUT2D eigenvalue weighted by molar-refractivity contribution is 0.641. The maximum atomic E-state index is 6.17. The second-order valence-electron chi connectivity index (χ2n) is 4.85. The summed E-state index contributed by atoms with van der Waals surface area (Å²) in [6, 6.07) is 14.4. The number of benzene rings is 2. The van der Waals surface area contributed by atoms with Gasteiger partial charge >= 0.3 is 0 Å². The number of thiophene rings is 1. The van der Waals surface area contributed by atoms with Crippen LogP contribution < -0.4 is 11.3 Å². The minimum Gasteiger partial charge on any atom is -0.271 e. The second kappa shape index (κ2) is 5.54. The Labute approximate surface area is 127 Å². The van der Waals surface area contributed by atoms with Gasteiger partial charge in [-0.05, 0) is 52.6 Å². The fraction of sp³-hybridized carbons (Fsp3) is 0.125. The Balaban J connectivity index is 2.16. The van der Waals surface area contributed by atoms with Crippen LogP contribution in [0.15, 0.2) is 47.8 Å². The monoisotopic (exact) mass is 302 g/mol. The highest BCUT2D eigenvalue weighted by Crippen LogP contribution is 2.33. The van der Waals surface area contributed by atoms with Crippen LogP contribution in [0.25, 0.3) is 10.1 Å². The molecule has 0 bridgehead atoms. The number of hydrazine groups is 1. The van der Waals surface area contributed by atoms with Crippen molar-refractivity contribution < 1.29 is 0 Å². The molecule has 3 rings (SSSR count). The van der Waals surface area contributed by atoms with Crippen molar-refractivity contribution >= 4 is 33.0 Å². The number of fused-ring (bicyclic) bond motifs is 1. The molecule has 3 N–H and O–H groups in total. The highest BCUT2D eigenvalue weighted by atomic mass is 35.5. The van der Waals surface area contributed by atoms with E-state index in [1.165, 1.54) is 15.6 Å². The molecule has 3 aromatic rings. The van der Waals surface area contributed by atoms with Crippen LogP contribution in [0.1, 0.15) is 22.7 Å². The van der Waals surface area contributed by atoms with Crippen molar-refractivity contribution in [2.24, 2.45) is 5.84 Å². The zero-order valence-electron chi connectivity index (χ0n) is 11.1. The quantitative estimate of drug-likeness (QED) is 0.555. The topological polar surface area (TPSA) is 38.0 Å². The van der Waals surface area contributed by atoms with Crippen LogP contribution in [0, 0.1) is 6.92 Å². The molecule has 0 saturated carbocycles. The Kier molecular flexibility index (Phi) is 3.76. The molecule has 2 nitrogen and oxygen atoms in total. The average Bonchev–Trinajstić information content (AvgIpc) is 2.87. The van der Waals surface area contributed by atoms with Crippen molar-refractivity contribution in [1.82, 2.24) is 5.43 Å². The third-order valence-electron chi connectivity index (χ3n) is 3.38. The van der Waals surface area contributed by atoms with Crippen LogP contribution in [0.5, 0.6) is 0 Å². The predicted molar refractivity (Wildman–Crippen MR) is 87.2 cm³/mol. The molecule has 4 heteroatoms. The molecule has 102 valence electrons. The van der Waals surface area contributed by atoms with E-state index in [1.807, 2.05) is 19.1 Å². The van der Waals surface area contributed by atoms with Gasteiger partial charge in [0.2, 0.25) is 0 Å². The van der Waals surface area contributed by atoms with Crippen LogP contribution in [0.2, 0.25) is 5.02 Å². The SMILES string of the molecule is Cc1cc(Cl)cc(C(NN)c2cccc3ccsc23)c1. The lowest BCUT2D eigenvalue weighted by Crippen LogP contribution is -2.29. The molecule has 0 radical (unpaired) electrons. The fourth-order valence-corrected chi connectivity index (χ4v) is 3.78. The van der Waals surface area contributed by atoms with Gasteiger partial charge in [-0.25, -0.2) is 5.43 Å². The summed E-state index contributed by atoms with van der Waals surface area (Å²) in [5.74, 6) is 5.81. The first-order chi connectivity index (χ1) is 9.69. The zero-order valence-corrected chi connectivity index (χ0v) is 12.6. The molecule has 2 aromatic carbocycles. The van der Waals surface area contributed by atoms with Crippen LogP contribution >= 0.6 is 22.9 Å². The number of aryl methyl sites for hydroxylation is 1. The molecule has 1 unspecified atom stereocenters. The van der Waals surface area contributed by atoms with E-state index in [9.17, 15) is 0 Å². The molecular weight excluding hydrogens is 288 g/mol. The van der Waals surface area contributed by atoms with Crippen molar-refractivity contribution in [1.29, 1.82) is 0 Å². The third-order valence-corrected chi connectivity index (χ3v) is 4.58. The first-order valence-corrected chi connectivity index (χ1v) is 7.64. The molecule has 0 aliphatic rings. The highest BCUT2D eigenvalue weighted by molar-refractivity contribution is 7.17. The number of rotatable bonds is 3. The van der Waals surface area contributed by atoms with E-state index in [2.05, 4.69) is 41.1 Å². The molecule has 0 aliphatic heterocycles. The van der Waals surface area contributed by atoms with E-state index < -0.39 is 0 Å². The number of halogens is 1. The van der Waals surface area contributed by atoms with Gasteiger partial charge in [-0.1, -0.05) is 35.9 Å². The Hall–Kier alpha value is -1.39. The number of nitrogens with one attached hydrogen (secondary N) is 1. The molecule has 1 atom stereocenters. The summed E-state index contributed by atoms with van der Waals surface area (Å²) in [5.41, 5.74) is 6.31. The van der Waals surface area contributed by atoms with Crippen molar-refractivity contribution in [2.75, 3.05) is 0 Å². The van der Waals surface area contributed by atoms with E-state index >= 15 is 0 Å². The van der Waals surface area contributed by atoms with E-state index in [-0.39, 0.29) is 6.04 Å². The summed E-state index contributed by atoms with van der Waals surface area (Å²) >= 11 is 7.90. The molecular formula is C16H15ClN2S. The Morgan fingerprint density at radius 1 is 1.20 bits per heavy atom. The molecule has 0 fully saturated rings. The molecule has 1 heterocycles. The van der Waals surface area contributed by atoms with Crippen LogP contribution in [-0.4, -0.2) is 0 Å². The smallest absolute Gasteiger partial charge is 0.0724 e. The summed E-state index contributed by atoms with van der Waals surface area (Å²) in [6.07, 6.45) is 0. The van der Waals surface area contributed by atoms with Gasteiger partial charge in [0.25, 0.3) is 0 Å². The first kappa shape index (κ1) is 13.6. The lowest BCUT2D eigenvalue weighted by Gasteiger charge is -2.18. The van der Waals surface area contributed by atoms with Gasteiger partial charge in [0, 0.05) is 9.72 Å². The van der Waals surface area contributed by atoms with Gasteiger partial charge in [-0.2, -0.15) is 0 Å². The van der Waals surface area contributed by atoms with E-state index in [0.717, 1.165) is 16.1 Å². The number of hydrogen-bond acceptors (Lipinski definition) is 3. The Bertz CT molecular complexity index is 731. The highest BCUT2D eigenvalue weighted by Gasteiger charge is 2.16. The zero-order chi connectivity index (χ0) is 14.1. The fourth-order valence-electron chi connectivity index (χ4n) is 2.54. The summed E-state index contributed by atoms with van der Waals surface area (Å²) < 4.78 is 1.26. The summed E-state index contributed by atoms with van der Waals surface area (Å²) in [5, 5.41) is 4.08. The molecule has 0 amide bonds. The first-order valence-electron chi connectivity index (χ1n) is 6.38. The van der Waals surface area contributed by atoms with E-state index in [1.54, 1.807) is 11.3 Å². The normalized spacial score (nSPS) is 12.8.